The Bertz CT molecular complexity index is 887. The second kappa shape index (κ2) is 9.43. The van der Waals surface area contributed by atoms with Gasteiger partial charge < -0.3 is 26.8 Å². The highest BCUT2D eigenvalue weighted by Gasteiger charge is 2.52. The van der Waals surface area contributed by atoms with Gasteiger partial charge in [-0.2, -0.15) is 8.78 Å². The van der Waals surface area contributed by atoms with Crippen LogP contribution in [0.1, 0.15) is 49.3 Å². The highest BCUT2D eigenvalue weighted by molar-refractivity contribution is 5.98. The Labute approximate surface area is 186 Å². The summed E-state index contributed by atoms with van der Waals surface area (Å²) in [5.41, 5.74) is 2.98. The monoisotopic (exact) mass is 480 g/mol. The Morgan fingerprint density at radius 2 is 1.77 bits per heavy atom. The topological polar surface area (TPSA) is 35.7 Å². The van der Waals surface area contributed by atoms with Crippen molar-refractivity contribution in [2.45, 2.75) is 51.4 Å². The Hall–Kier alpha value is -1.99. The summed E-state index contributed by atoms with van der Waals surface area (Å²) in [4.78, 5) is 0. The summed E-state index contributed by atoms with van der Waals surface area (Å²) in [5.74, 6) is 0.0948. The van der Waals surface area contributed by atoms with Crippen LogP contribution in [0.4, 0.5) is 8.78 Å². The first-order valence-electron chi connectivity index (χ1n) is 10.3. The van der Waals surface area contributed by atoms with Gasteiger partial charge in [-0.05, 0) is 49.1 Å². The highest BCUT2D eigenvalue weighted by Crippen LogP contribution is 2.38. The van der Waals surface area contributed by atoms with Gasteiger partial charge in [-0.3, -0.25) is 0 Å². The van der Waals surface area contributed by atoms with Crippen LogP contribution in [0.25, 0.3) is 0 Å². The van der Waals surface area contributed by atoms with Gasteiger partial charge >= 0.3 is 6.61 Å². The lowest BCUT2D eigenvalue weighted by Crippen LogP contribution is -3.00. The van der Waals surface area contributed by atoms with Gasteiger partial charge in [-0.15, -0.1) is 9.69 Å². The van der Waals surface area contributed by atoms with Crippen molar-refractivity contribution < 1.29 is 40.3 Å². The second-order valence-electron chi connectivity index (χ2n) is 7.70. The molecule has 2 aromatic rings. The van der Waals surface area contributed by atoms with Crippen molar-refractivity contribution in [3.63, 3.8) is 0 Å². The molecular formula is C23H27BrF2N2O2. The number of fused-ring (bicyclic) bond motifs is 1. The van der Waals surface area contributed by atoms with Crippen LogP contribution in [0.3, 0.4) is 0 Å². The number of alkyl halides is 2. The van der Waals surface area contributed by atoms with E-state index in [2.05, 4.69) is 40.6 Å². The van der Waals surface area contributed by atoms with E-state index in [0.29, 0.717) is 12.0 Å². The summed E-state index contributed by atoms with van der Waals surface area (Å²) >= 11 is 0. The van der Waals surface area contributed by atoms with Crippen molar-refractivity contribution >= 4 is 5.71 Å². The molecule has 2 aromatic carbocycles. The molecule has 0 spiro atoms. The first-order valence-corrected chi connectivity index (χ1v) is 10.3. The van der Waals surface area contributed by atoms with Gasteiger partial charge in [-0.1, -0.05) is 31.2 Å². The molecule has 1 unspecified atom stereocenters. The van der Waals surface area contributed by atoms with Crippen LogP contribution in [0.2, 0.25) is 0 Å². The van der Waals surface area contributed by atoms with Crippen LogP contribution in [-0.2, 0) is 12.1 Å². The molecule has 4 nitrogen and oxygen atoms in total. The van der Waals surface area contributed by atoms with Gasteiger partial charge in [0.2, 0.25) is 11.4 Å². The van der Waals surface area contributed by atoms with E-state index in [4.69, 9.17) is 0 Å². The highest BCUT2D eigenvalue weighted by atomic mass is 79.9. The van der Waals surface area contributed by atoms with Gasteiger partial charge in [0.05, 0.1) is 13.0 Å². The number of benzene rings is 2. The number of hydrazone groups is 1. The average Bonchev–Trinajstić information content (AvgIpc) is 2.87. The zero-order valence-electron chi connectivity index (χ0n) is 17.0. The van der Waals surface area contributed by atoms with E-state index in [1.807, 2.05) is 5.01 Å². The summed E-state index contributed by atoms with van der Waals surface area (Å²) < 4.78 is 31.6. The molecule has 0 saturated carbocycles. The molecule has 0 amide bonds. The van der Waals surface area contributed by atoms with Crippen molar-refractivity contribution in [2.75, 3.05) is 13.1 Å². The third kappa shape index (κ3) is 4.37. The van der Waals surface area contributed by atoms with Gasteiger partial charge in [0.25, 0.3) is 0 Å². The lowest BCUT2D eigenvalue weighted by atomic mass is 9.94. The minimum Gasteiger partial charge on any atom is -1.00 e. The van der Waals surface area contributed by atoms with Gasteiger partial charge in [0.15, 0.2) is 6.54 Å². The van der Waals surface area contributed by atoms with Gasteiger partial charge in [0.1, 0.15) is 5.75 Å². The Morgan fingerprint density at radius 3 is 2.40 bits per heavy atom. The molecule has 0 bridgehead atoms. The number of aliphatic hydroxyl groups is 1. The van der Waals surface area contributed by atoms with Crippen molar-refractivity contribution in [1.29, 1.82) is 0 Å². The van der Waals surface area contributed by atoms with Crippen molar-refractivity contribution in [3.8, 4) is 5.75 Å². The van der Waals surface area contributed by atoms with Crippen LogP contribution in [-0.4, -0.2) is 40.2 Å². The minimum atomic E-state index is -2.86. The molecule has 1 fully saturated rings. The average molecular weight is 481 g/mol. The molecule has 2 aliphatic heterocycles. The second-order valence-corrected chi connectivity index (χ2v) is 7.70. The summed E-state index contributed by atoms with van der Waals surface area (Å²) in [6.07, 6.45) is 4.64. The first kappa shape index (κ1) is 22.7. The molecule has 0 aliphatic carbocycles. The molecule has 0 aromatic heterocycles. The molecule has 1 N–H and O–H groups in total. The van der Waals surface area contributed by atoms with E-state index in [1.165, 1.54) is 17.7 Å². The zero-order chi connectivity index (χ0) is 20.4. The number of ether oxygens (including phenoxy) is 1. The summed E-state index contributed by atoms with van der Waals surface area (Å²) in [6, 6.07) is 14.9. The largest absolute Gasteiger partial charge is 1.00 e. The molecule has 4 rings (SSSR count). The number of hydrogen-bond acceptors (Lipinski definition) is 3. The Balaban J connectivity index is 0.00000256. The molecule has 162 valence electrons. The lowest BCUT2D eigenvalue weighted by molar-refractivity contribution is -0.706. The number of aryl methyl sites for hydroxylation is 1. The molecule has 1 atom stereocenters. The Kier molecular flexibility index (Phi) is 7.14. The van der Waals surface area contributed by atoms with Crippen LogP contribution in [0.15, 0.2) is 48.5 Å². The number of rotatable bonds is 5. The number of halogens is 3. The molecule has 2 aliphatic rings. The van der Waals surface area contributed by atoms with Gasteiger partial charge in [0, 0.05) is 17.5 Å². The third-order valence-electron chi connectivity index (χ3n) is 5.92. The number of hydrazine groups is 1. The predicted molar refractivity (Wildman–Crippen MR) is 107 cm³/mol. The zero-order valence-corrected chi connectivity index (χ0v) is 18.6. The summed E-state index contributed by atoms with van der Waals surface area (Å²) in [5, 5.41) is 13.8. The smallest absolute Gasteiger partial charge is 0.387 e. The fraction of sp³-hybridized carbons (Fsp3) is 0.435. The molecule has 1 saturated heterocycles. The maximum absolute atomic E-state index is 12.5. The maximum atomic E-state index is 12.5. The van der Waals surface area contributed by atoms with E-state index in [-0.39, 0.29) is 22.7 Å². The fourth-order valence-electron chi connectivity index (χ4n) is 4.36. The van der Waals surface area contributed by atoms with Crippen LogP contribution >= 0.6 is 0 Å². The SMILES string of the molecule is CCc1ccc(C2=[N+]3CCCCCN3C(O)(c3ccc(OC(F)F)cc3)C2)cc1.[Br-]. The summed E-state index contributed by atoms with van der Waals surface area (Å²) in [7, 11) is 0. The quantitative estimate of drug-likeness (QED) is 0.655. The van der Waals surface area contributed by atoms with Crippen LogP contribution in [0, 0.1) is 0 Å². The minimum absolute atomic E-state index is 0. The van der Waals surface area contributed by atoms with Crippen LogP contribution in [0.5, 0.6) is 5.75 Å². The molecule has 30 heavy (non-hydrogen) atoms. The molecule has 7 heteroatoms. The first-order chi connectivity index (χ1) is 14.0. The molecule has 0 radical (unpaired) electrons. The van der Waals surface area contributed by atoms with E-state index >= 15 is 0 Å². The predicted octanol–water partition coefficient (Wildman–Crippen LogP) is 1.31. The third-order valence-corrected chi connectivity index (χ3v) is 5.92. The maximum Gasteiger partial charge on any atom is 0.387 e. The number of hydrogen-bond donors (Lipinski definition) is 1. The number of nitrogens with zero attached hydrogens (tertiary/aromatic N) is 2. The van der Waals surface area contributed by atoms with Crippen molar-refractivity contribution in [2.24, 2.45) is 0 Å². The lowest BCUT2D eigenvalue weighted by Gasteiger charge is -2.30. The van der Waals surface area contributed by atoms with E-state index in [1.54, 1.807) is 12.1 Å². The fourth-order valence-corrected chi connectivity index (χ4v) is 4.36. The van der Waals surface area contributed by atoms with E-state index < -0.39 is 12.3 Å². The normalized spacial score (nSPS) is 21.3. The van der Waals surface area contributed by atoms with Crippen molar-refractivity contribution in [1.82, 2.24) is 5.01 Å². The molecular weight excluding hydrogens is 454 g/mol. The van der Waals surface area contributed by atoms with Gasteiger partial charge in [-0.25, -0.2) is 0 Å². The molecule has 2 heterocycles. The summed E-state index contributed by atoms with van der Waals surface area (Å²) in [6.45, 7) is 0.888. The van der Waals surface area contributed by atoms with Crippen LogP contribution < -0.4 is 21.7 Å². The van der Waals surface area contributed by atoms with Crippen molar-refractivity contribution in [3.05, 3.63) is 65.2 Å². The van der Waals surface area contributed by atoms with E-state index in [9.17, 15) is 13.9 Å². The Morgan fingerprint density at radius 1 is 1.07 bits per heavy atom. The standard InChI is InChI=1S/C23H27F2N2O2.BrH/c1-2-17-6-8-18(9-7-17)21-16-23(28,27-15-5-3-4-14-26(21)27)19-10-12-20(13-11-19)29-22(24)25;/h6-13,22,28H,2-5,14-16H2,1H3;1H/q+1;/p-1. The van der Waals surface area contributed by atoms with E-state index in [0.717, 1.165) is 50.0 Å².